The Bertz CT molecular complexity index is 686. The standard InChI is InChI=1S/C15H23N3O5S/c1-11(15(19)18-6-8-23-9-7-18)16-12-4-5-14(22-2)13(10-12)17-24(3,20)21/h4-5,10-11,16-17H,6-9H2,1-3H3. The monoisotopic (exact) mass is 357 g/mol. The molecule has 1 unspecified atom stereocenters. The number of nitrogens with one attached hydrogen (secondary N) is 2. The van der Waals surface area contributed by atoms with Crippen LogP contribution in [0.25, 0.3) is 0 Å². The van der Waals surface area contributed by atoms with Crippen molar-refractivity contribution in [2.24, 2.45) is 0 Å². The van der Waals surface area contributed by atoms with Crippen LogP contribution in [0.2, 0.25) is 0 Å². The van der Waals surface area contributed by atoms with E-state index in [1.165, 1.54) is 7.11 Å². The van der Waals surface area contributed by atoms with Crippen molar-refractivity contribution in [1.82, 2.24) is 4.90 Å². The second-order valence-corrected chi connectivity index (χ2v) is 7.34. The zero-order valence-corrected chi connectivity index (χ0v) is 14.9. The van der Waals surface area contributed by atoms with Crippen LogP contribution in [0, 0.1) is 0 Å². The molecule has 9 heteroatoms. The van der Waals surface area contributed by atoms with Gasteiger partial charge in [-0.2, -0.15) is 0 Å². The van der Waals surface area contributed by atoms with Crippen LogP contribution in [0.15, 0.2) is 18.2 Å². The second kappa shape index (κ2) is 7.71. The third-order valence-corrected chi connectivity index (χ3v) is 4.16. The van der Waals surface area contributed by atoms with Gasteiger partial charge in [0.05, 0.1) is 32.3 Å². The van der Waals surface area contributed by atoms with Crippen LogP contribution in [-0.4, -0.2) is 64.9 Å². The van der Waals surface area contributed by atoms with Gasteiger partial charge >= 0.3 is 0 Å². The molecule has 1 amide bonds. The van der Waals surface area contributed by atoms with Crippen LogP contribution in [0.3, 0.4) is 0 Å². The lowest BCUT2D eigenvalue weighted by atomic mass is 10.2. The van der Waals surface area contributed by atoms with E-state index in [0.29, 0.717) is 43.4 Å². The number of morpholine rings is 1. The molecule has 1 aromatic carbocycles. The highest BCUT2D eigenvalue weighted by molar-refractivity contribution is 7.92. The summed E-state index contributed by atoms with van der Waals surface area (Å²) in [5, 5.41) is 3.09. The van der Waals surface area contributed by atoms with E-state index in [-0.39, 0.29) is 5.91 Å². The summed E-state index contributed by atoms with van der Waals surface area (Å²) in [6, 6.07) is 4.53. The van der Waals surface area contributed by atoms with Gasteiger partial charge in [-0.05, 0) is 25.1 Å². The molecule has 1 heterocycles. The molecule has 1 saturated heterocycles. The Balaban J connectivity index is 2.10. The largest absolute Gasteiger partial charge is 0.495 e. The Morgan fingerprint density at radius 1 is 1.33 bits per heavy atom. The molecule has 24 heavy (non-hydrogen) atoms. The van der Waals surface area contributed by atoms with Crippen molar-refractivity contribution in [3.05, 3.63) is 18.2 Å². The van der Waals surface area contributed by atoms with E-state index in [0.717, 1.165) is 6.26 Å². The van der Waals surface area contributed by atoms with Crippen LogP contribution in [0.5, 0.6) is 5.75 Å². The summed E-state index contributed by atoms with van der Waals surface area (Å²) in [5.74, 6) is 0.380. The molecule has 8 nitrogen and oxygen atoms in total. The van der Waals surface area contributed by atoms with E-state index in [9.17, 15) is 13.2 Å². The number of carbonyl (C=O) groups excluding carboxylic acids is 1. The van der Waals surface area contributed by atoms with E-state index >= 15 is 0 Å². The van der Waals surface area contributed by atoms with Crippen molar-refractivity contribution in [2.75, 3.05) is 49.7 Å². The van der Waals surface area contributed by atoms with Gasteiger partial charge in [0, 0.05) is 18.8 Å². The van der Waals surface area contributed by atoms with Crippen molar-refractivity contribution in [3.8, 4) is 5.75 Å². The smallest absolute Gasteiger partial charge is 0.244 e. The molecule has 1 aliphatic heterocycles. The lowest BCUT2D eigenvalue weighted by Gasteiger charge is -2.29. The number of sulfonamides is 1. The minimum Gasteiger partial charge on any atom is -0.495 e. The predicted octanol–water partition coefficient (Wildman–Crippen LogP) is 0.726. The Morgan fingerprint density at radius 2 is 2.00 bits per heavy atom. The number of benzene rings is 1. The highest BCUT2D eigenvalue weighted by Crippen LogP contribution is 2.29. The Labute approximate surface area is 142 Å². The first-order valence-electron chi connectivity index (χ1n) is 7.59. The maximum absolute atomic E-state index is 12.4. The third-order valence-electron chi connectivity index (χ3n) is 3.57. The van der Waals surface area contributed by atoms with Gasteiger partial charge in [-0.1, -0.05) is 0 Å². The minimum atomic E-state index is -3.44. The Hall–Kier alpha value is -2.00. The lowest BCUT2D eigenvalue weighted by molar-refractivity contribution is -0.135. The first-order chi connectivity index (χ1) is 11.3. The van der Waals surface area contributed by atoms with Crippen LogP contribution < -0.4 is 14.8 Å². The van der Waals surface area contributed by atoms with E-state index < -0.39 is 16.1 Å². The molecule has 0 spiro atoms. The van der Waals surface area contributed by atoms with E-state index in [2.05, 4.69) is 10.0 Å². The van der Waals surface area contributed by atoms with Gasteiger partial charge < -0.3 is 19.7 Å². The molecule has 0 bridgehead atoms. The number of ether oxygens (including phenoxy) is 2. The highest BCUT2D eigenvalue weighted by Gasteiger charge is 2.22. The average molecular weight is 357 g/mol. The van der Waals surface area contributed by atoms with Crippen molar-refractivity contribution >= 4 is 27.3 Å². The SMILES string of the molecule is COc1ccc(NC(C)C(=O)N2CCOCC2)cc1NS(C)(=O)=O. The molecular weight excluding hydrogens is 334 g/mol. The maximum Gasteiger partial charge on any atom is 0.244 e. The number of hydrogen-bond donors (Lipinski definition) is 2. The molecule has 2 rings (SSSR count). The first-order valence-corrected chi connectivity index (χ1v) is 9.48. The fourth-order valence-electron chi connectivity index (χ4n) is 2.45. The van der Waals surface area contributed by atoms with Crippen molar-refractivity contribution in [3.63, 3.8) is 0 Å². The normalized spacial score (nSPS) is 16.4. The maximum atomic E-state index is 12.4. The van der Waals surface area contributed by atoms with Gasteiger partial charge in [0.25, 0.3) is 0 Å². The quantitative estimate of drug-likeness (QED) is 0.779. The van der Waals surface area contributed by atoms with Crippen molar-refractivity contribution in [2.45, 2.75) is 13.0 Å². The molecule has 1 aliphatic rings. The molecule has 2 N–H and O–H groups in total. The molecule has 0 saturated carbocycles. The number of rotatable bonds is 6. The molecule has 0 aromatic heterocycles. The van der Waals surface area contributed by atoms with Gasteiger partial charge in [0.15, 0.2) is 0 Å². The van der Waals surface area contributed by atoms with E-state index in [4.69, 9.17) is 9.47 Å². The van der Waals surface area contributed by atoms with Crippen LogP contribution in [-0.2, 0) is 19.6 Å². The summed E-state index contributed by atoms with van der Waals surface area (Å²) in [7, 11) is -1.98. The zero-order chi connectivity index (χ0) is 17.7. The van der Waals surface area contributed by atoms with Crippen molar-refractivity contribution in [1.29, 1.82) is 0 Å². The highest BCUT2D eigenvalue weighted by atomic mass is 32.2. The zero-order valence-electron chi connectivity index (χ0n) is 14.0. The number of amides is 1. The first kappa shape index (κ1) is 18.3. The minimum absolute atomic E-state index is 0.0215. The number of methoxy groups -OCH3 is 1. The summed E-state index contributed by atoms with van der Waals surface area (Å²) in [5.41, 5.74) is 0.937. The summed E-state index contributed by atoms with van der Waals surface area (Å²) in [4.78, 5) is 14.2. The summed E-state index contributed by atoms with van der Waals surface area (Å²) in [6.45, 7) is 4.02. The summed E-state index contributed by atoms with van der Waals surface area (Å²) in [6.07, 6.45) is 1.07. The summed E-state index contributed by atoms with van der Waals surface area (Å²) >= 11 is 0. The molecule has 1 aromatic rings. The number of nitrogens with zero attached hydrogens (tertiary/aromatic N) is 1. The molecule has 0 aliphatic carbocycles. The van der Waals surface area contributed by atoms with Gasteiger partial charge in [-0.25, -0.2) is 8.42 Å². The van der Waals surface area contributed by atoms with Crippen molar-refractivity contribution < 1.29 is 22.7 Å². The van der Waals surface area contributed by atoms with E-state index in [1.54, 1.807) is 30.0 Å². The molecular formula is C15H23N3O5S. The van der Waals surface area contributed by atoms with E-state index in [1.807, 2.05) is 0 Å². The summed E-state index contributed by atoms with van der Waals surface area (Å²) < 4.78 is 35.7. The van der Waals surface area contributed by atoms with Gasteiger partial charge in [-0.3, -0.25) is 9.52 Å². The predicted molar refractivity (Wildman–Crippen MR) is 91.9 cm³/mol. The third kappa shape index (κ3) is 5.00. The fraction of sp³-hybridized carbons (Fsp3) is 0.533. The second-order valence-electron chi connectivity index (χ2n) is 5.59. The lowest BCUT2D eigenvalue weighted by Crippen LogP contribution is -2.47. The molecule has 1 fully saturated rings. The fourth-order valence-corrected chi connectivity index (χ4v) is 3.01. The van der Waals surface area contributed by atoms with Crippen LogP contribution in [0.4, 0.5) is 11.4 Å². The number of hydrogen-bond acceptors (Lipinski definition) is 6. The topological polar surface area (TPSA) is 97.0 Å². The van der Waals surface area contributed by atoms with Gasteiger partial charge in [0.2, 0.25) is 15.9 Å². The molecule has 134 valence electrons. The van der Waals surface area contributed by atoms with Crippen LogP contribution >= 0.6 is 0 Å². The molecule has 0 radical (unpaired) electrons. The van der Waals surface area contributed by atoms with Gasteiger partial charge in [-0.15, -0.1) is 0 Å². The van der Waals surface area contributed by atoms with Gasteiger partial charge in [0.1, 0.15) is 11.8 Å². The number of carbonyl (C=O) groups is 1. The molecule has 1 atom stereocenters. The van der Waals surface area contributed by atoms with Crippen LogP contribution in [0.1, 0.15) is 6.92 Å². The number of anilines is 2. The average Bonchev–Trinajstić information content (AvgIpc) is 2.53. The Morgan fingerprint density at radius 3 is 2.58 bits per heavy atom. The Kier molecular flexibility index (Phi) is 5.89.